The Morgan fingerprint density at radius 3 is 2.47 bits per heavy atom. The van der Waals surface area contributed by atoms with Crippen LogP contribution >= 0.6 is 0 Å². The lowest BCUT2D eigenvalue weighted by Gasteiger charge is -2.05. The van der Waals surface area contributed by atoms with Crippen molar-refractivity contribution in [1.82, 2.24) is 0 Å². The minimum Gasteiger partial charge on any atom is -0.295 e. The van der Waals surface area contributed by atoms with E-state index in [0.717, 1.165) is 19.1 Å². The van der Waals surface area contributed by atoms with Crippen LogP contribution in [0.5, 0.6) is 0 Å². The van der Waals surface area contributed by atoms with Crippen LogP contribution < -0.4 is 0 Å². The van der Waals surface area contributed by atoms with Gasteiger partial charge in [-0.3, -0.25) is 4.79 Å². The van der Waals surface area contributed by atoms with Gasteiger partial charge in [-0.2, -0.15) is 5.26 Å². The predicted molar refractivity (Wildman–Crippen MR) is 46.1 cm³/mol. The van der Waals surface area contributed by atoms with Crippen molar-refractivity contribution in [1.29, 1.82) is 5.26 Å². The molecule has 0 fully saturated rings. The number of alkyl halides is 2. The third-order valence-corrected chi connectivity index (χ3v) is 1.86. The molecular formula is C10H6F3NO. The summed E-state index contributed by atoms with van der Waals surface area (Å²) in [7, 11) is 0. The lowest BCUT2D eigenvalue weighted by atomic mass is 10.0. The highest BCUT2D eigenvalue weighted by Crippen LogP contribution is 2.25. The van der Waals surface area contributed by atoms with Gasteiger partial charge in [0.15, 0.2) is 5.78 Å². The van der Waals surface area contributed by atoms with E-state index in [2.05, 4.69) is 0 Å². The molecule has 0 saturated heterocycles. The second-order valence-corrected chi connectivity index (χ2v) is 2.90. The van der Waals surface area contributed by atoms with E-state index in [9.17, 15) is 18.0 Å². The van der Waals surface area contributed by atoms with Crippen molar-refractivity contribution < 1.29 is 18.0 Å². The molecule has 2 nitrogen and oxygen atoms in total. The lowest BCUT2D eigenvalue weighted by Crippen LogP contribution is -2.01. The number of rotatable bonds is 2. The summed E-state index contributed by atoms with van der Waals surface area (Å²) < 4.78 is 37.8. The van der Waals surface area contributed by atoms with Crippen LogP contribution in [0.15, 0.2) is 12.1 Å². The van der Waals surface area contributed by atoms with Gasteiger partial charge in [0, 0.05) is 5.56 Å². The fourth-order valence-electron chi connectivity index (χ4n) is 1.09. The molecule has 0 aromatic heterocycles. The summed E-state index contributed by atoms with van der Waals surface area (Å²) in [6, 6.07) is 3.15. The molecule has 0 N–H and O–H groups in total. The Balaban J connectivity index is 3.47. The zero-order valence-corrected chi connectivity index (χ0v) is 7.72. The standard InChI is InChI=1S/C10H6F3NO/c1-5(15)6-2-7(4-14)9(11)8(3-6)10(12)13/h2-3,10H,1H3. The van der Waals surface area contributed by atoms with Crippen LogP contribution in [0, 0.1) is 17.1 Å². The number of Topliss-reactive ketones (excluding diaryl/α,β-unsaturated/α-hetero) is 1. The maximum absolute atomic E-state index is 13.2. The van der Waals surface area contributed by atoms with Gasteiger partial charge in [-0.05, 0) is 19.1 Å². The second kappa shape index (κ2) is 4.13. The maximum atomic E-state index is 13.2. The Morgan fingerprint density at radius 1 is 1.47 bits per heavy atom. The second-order valence-electron chi connectivity index (χ2n) is 2.90. The number of nitriles is 1. The van der Waals surface area contributed by atoms with Gasteiger partial charge in [-0.15, -0.1) is 0 Å². The van der Waals surface area contributed by atoms with Gasteiger partial charge in [-0.25, -0.2) is 13.2 Å². The molecule has 0 aliphatic carbocycles. The molecule has 1 aromatic carbocycles. The van der Waals surface area contributed by atoms with Crippen molar-refractivity contribution >= 4 is 5.78 Å². The first-order chi connectivity index (χ1) is 6.97. The number of carbonyl (C=O) groups excluding carboxylic acids is 1. The number of hydrogen-bond donors (Lipinski definition) is 0. The van der Waals surface area contributed by atoms with Gasteiger partial charge in [0.25, 0.3) is 6.43 Å². The molecule has 0 saturated carbocycles. The molecule has 0 heterocycles. The average molecular weight is 213 g/mol. The summed E-state index contributed by atoms with van der Waals surface area (Å²) in [5.74, 6) is -1.76. The fourth-order valence-corrected chi connectivity index (χ4v) is 1.09. The molecule has 0 atom stereocenters. The highest BCUT2D eigenvalue weighted by Gasteiger charge is 2.19. The van der Waals surface area contributed by atoms with Gasteiger partial charge in [-0.1, -0.05) is 0 Å². The summed E-state index contributed by atoms with van der Waals surface area (Å²) >= 11 is 0. The third kappa shape index (κ3) is 2.15. The highest BCUT2D eigenvalue weighted by atomic mass is 19.3. The van der Waals surface area contributed by atoms with E-state index in [0.29, 0.717) is 0 Å². The van der Waals surface area contributed by atoms with Crippen molar-refractivity contribution in [3.63, 3.8) is 0 Å². The summed E-state index contributed by atoms with van der Waals surface area (Å²) in [4.78, 5) is 10.9. The minimum absolute atomic E-state index is 0.0942. The molecule has 1 aromatic rings. The Morgan fingerprint density at radius 2 is 2.07 bits per heavy atom. The number of nitrogens with zero attached hydrogens (tertiary/aromatic N) is 1. The van der Waals surface area contributed by atoms with E-state index in [1.807, 2.05) is 0 Å². The van der Waals surface area contributed by atoms with E-state index in [4.69, 9.17) is 5.26 Å². The number of hydrogen-bond acceptors (Lipinski definition) is 2. The minimum atomic E-state index is -3.05. The molecule has 0 radical (unpaired) electrons. The number of ketones is 1. The molecule has 0 spiro atoms. The van der Waals surface area contributed by atoms with Crippen LogP contribution in [0.1, 0.15) is 34.8 Å². The van der Waals surface area contributed by atoms with Crippen LogP contribution in [0.4, 0.5) is 13.2 Å². The molecule has 1 rings (SSSR count). The van der Waals surface area contributed by atoms with E-state index in [1.54, 1.807) is 0 Å². The van der Waals surface area contributed by atoms with Crippen LogP contribution in [-0.4, -0.2) is 5.78 Å². The summed E-state index contributed by atoms with van der Waals surface area (Å²) in [5, 5.41) is 8.48. The molecule has 0 amide bonds. The van der Waals surface area contributed by atoms with Crippen molar-refractivity contribution in [3.05, 3.63) is 34.6 Å². The third-order valence-electron chi connectivity index (χ3n) is 1.86. The molecule has 0 bridgehead atoms. The Bertz CT molecular complexity index is 449. The van der Waals surface area contributed by atoms with Crippen LogP contribution in [0.2, 0.25) is 0 Å². The Labute approximate surface area is 83.9 Å². The van der Waals surface area contributed by atoms with Crippen LogP contribution in [-0.2, 0) is 0 Å². The summed E-state index contributed by atoms with van der Waals surface area (Å²) in [6.07, 6.45) is -3.05. The summed E-state index contributed by atoms with van der Waals surface area (Å²) in [5.41, 5.74) is -1.56. The monoisotopic (exact) mass is 213 g/mol. The van der Waals surface area contributed by atoms with Gasteiger partial charge < -0.3 is 0 Å². The fraction of sp³-hybridized carbons (Fsp3) is 0.200. The van der Waals surface area contributed by atoms with E-state index < -0.39 is 29.2 Å². The van der Waals surface area contributed by atoms with Gasteiger partial charge in [0.1, 0.15) is 11.9 Å². The number of halogens is 3. The average Bonchev–Trinajstić information content (AvgIpc) is 2.17. The maximum Gasteiger partial charge on any atom is 0.266 e. The molecule has 0 unspecified atom stereocenters. The largest absolute Gasteiger partial charge is 0.295 e. The molecule has 78 valence electrons. The zero-order chi connectivity index (χ0) is 11.6. The first-order valence-electron chi connectivity index (χ1n) is 4.00. The van der Waals surface area contributed by atoms with E-state index in [1.165, 1.54) is 6.07 Å². The smallest absolute Gasteiger partial charge is 0.266 e. The number of benzene rings is 1. The van der Waals surface area contributed by atoms with Gasteiger partial charge in [0.05, 0.1) is 11.1 Å². The van der Waals surface area contributed by atoms with Crippen LogP contribution in [0.25, 0.3) is 0 Å². The van der Waals surface area contributed by atoms with Crippen molar-refractivity contribution in [2.24, 2.45) is 0 Å². The first kappa shape index (κ1) is 11.2. The Kier molecular flexibility index (Phi) is 3.10. The van der Waals surface area contributed by atoms with Gasteiger partial charge >= 0.3 is 0 Å². The number of carbonyl (C=O) groups is 1. The van der Waals surface area contributed by atoms with Crippen molar-refractivity contribution in [2.75, 3.05) is 0 Å². The molecule has 5 heteroatoms. The lowest BCUT2D eigenvalue weighted by molar-refractivity contribution is 0.101. The highest BCUT2D eigenvalue weighted by molar-refractivity contribution is 5.94. The Hall–Kier alpha value is -1.83. The SMILES string of the molecule is CC(=O)c1cc(C#N)c(F)c(C(F)F)c1. The van der Waals surface area contributed by atoms with E-state index >= 15 is 0 Å². The molecule has 0 aliphatic rings. The summed E-state index contributed by atoms with van der Waals surface area (Å²) in [6.45, 7) is 1.16. The predicted octanol–water partition coefficient (Wildman–Crippen LogP) is 2.84. The first-order valence-corrected chi connectivity index (χ1v) is 4.00. The normalized spacial score (nSPS) is 10.1. The zero-order valence-electron chi connectivity index (χ0n) is 7.72. The topological polar surface area (TPSA) is 40.9 Å². The van der Waals surface area contributed by atoms with Crippen LogP contribution in [0.3, 0.4) is 0 Å². The molecular weight excluding hydrogens is 207 g/mol. The van der Waals surface area contributed by atoms with Crippen molar-refractivity contribution in [3.8, 4) is 6.07 Å². The quantitative estimate of drug-likeness (QED) is 0.708. The van der Waals surface area contributed by atoms with Gasteiger partial charge in [0.2, 0.25) is 0 Å². The van der Waals surface area contributed by atoms with Crippen molar-refractivity contribution in [2.45, 2.75) is 13.3 Å². The van der Waals surface area contributed by atoms with E-state index in [-0.39, 0.29) is 5.56 Å². The molecule has 15 heavy (non-hydrogen) atoms. The molecule has 0 aliphatic heterocycles.